The number of amides is 2. The van der Waals surface area contributed by atoms with E-state index in [1.807, 2.05) is 78.9 Å². The fourth-order valence-electron chi connectivity index (χ4n) is 7.68. The maximum absolute atomic E-state index is 13.9. The Morgan fingerprint density at radius 2 is 1.11 bits per heavy atom. The van der Waals surface area contributed by atoms with Crippen LogP contribution in [0.25, 0.3) is 11.1 Å². The topological polar surface area (TPSA) is 158 Å². The number of anilines is 1. The van der Waals surface area contributed by atoms with Gasteiger partial charge in [-0.05, 0) is 71.2 Å². The molecule has 1 unspecified atom stereocenters. The van der Waals surface area contributed by atoms with Crippen molar-refractivity contribution in [2.24, 2.45) is 0 Å². The minimum Gasteiger partial charge on any atom is -0.481 e. The van der Waals surface area contributed by atoms with Crippen LogP contribution < -0.4 is 16.0 Å². The lowest BCUT2D eigenvalue weighted by Crippen LogP contribution is -2.48. The number of carboxylic acids is 2. The van der Waals surface area contributed by atoms with E-state index in [-0.39, 0.29) is 18.9 Å². The summed E-state index contributed by atoms with van der Waals surface area (Å²) in [5.74, 6) is -4.57. The van der Waals surface area contributed by atoms with Crippen LogP contribution in [0.3, 0.4) is 0 Å². The molecule has 0 fully saturated rings. The largest absolute Gasteiger partial charge is 0.490 e. The number of aromatic nitrogens is 1. The summed E-state index contributed by atoms with van der Waals surface area (Å²) in [5.41, 5.74) is 5.72. The summed E-state index contributed by atoms with van der Waals surface area (Å²) < 4.78 is 31.7. The van der Waals surface area contributed by atoms with Gasteiger partial charge in [0.2, 0.25) is 11.8 Å². The molecular weight excluding hydrogens is 834 g/mol. The van der Waals surface area contributed by atoms with Crippen molar-refractivity contribution in [2.75, 3.05) is 18.4 Å². The molecule has 5 N–H and O–H groups in total. The van der Waals surface area contributed by atoms with E-state index >= 15 is 0 Å². The van der Waals surface area contributed by atoms with Gasteiger partial charge in [-0.1, -0.05) is 165 Å². The van der Waals surface area contributed by atoms with Crippen molar-refractivity contribution in [2.45, 2.75) is 68.5 Å². The standard InChI is InChI=1S/C50H52N4O4.C2HF3O2/c55-47(29-15-18-36-52-46-28-14-17-35-51-46)54-45(48(56)53-37-44(49(57)58)40-32-30-39(31-33-40)38-19-5-1-6-20-38)27-13-16-34-50(41-21-7-2-8-22-41,42-23-9-3-10-24-42)43-25-11-4-12-26-43;3-2(4,5)1(6)7/h1-12,14,17,19-26,28,30-33,35,44-45H,13,15-16,18,27,29,34,36-37H2,(H,51,52)(H,53,56)(H,54,55)(H,57,58);(H,6,7)/t44?,45-;/m0./s1. The third kappa shape index (κ3) is 14.6. The predicted molar refractivity (Wildman–Crippen MR) is 245 cm³/mol. The zero-order chi connectivity index (χ0) is 46.5. The third-order valence-electron chi connectivity index (χ3n) is 11.0. The quantitative estimate of drug-likeness (QED) is 0.0353. The Bertz CT molecular complexity index is 2280. The molecule has 0 radical (unpaired) electrons. The molecule has 10 nitrogen and oxygen atoms in total. The lowest BCUT2D eigenvalue weighted by Gasteiger charge is -2.36. The maximum Gasteiger partial charge on any atom is 0.490 e. The zero-order valence-corrected chi connectivity index (χ0v) is 35.8. The number of rotatable bonds is 21. The number of hydrogen-bond acceptors (Lipinski definition) is 6. The molecule has 2 amide bonds. The number of pyridine rings is 1. The number of carboxylic acid groups (broad SMARTS) is 2. The van der Waals surface area contributed by atoms with Crippen molar-refractivity contribution in [3.8, 4) is 11.1 Å². The van der Waals surface area contributed by atoms with Crippen molar-refractivity contribution in [1.29, 1.82) is 0 Å². The van der Waals surface area contributed by atoms with Crippen LogP contribution in [-0.4, -0.2) is 64.3 Å². The third-order valence-corrected chi connectivity index (χ3v) is 11.0. The SMILES string of the molecule is O=C(CCCCNc1ccccn1)N[C@@H](CCCCC(c1ccccc1)(c1ccccc1)c1ccccc1)C(=O)NCC(C(=O)O)c1ccc(-c2ccccc2)cc1.O=C(O)C(F)(F)F. The molecule has 0 bridgehead atoms. The van der Waals surface area contributed by atoms with Crippen LogP contribution >= 0.6 is 0 Å². The monoisotopic (exact) mass is 886 g/mol. The number of carbonyl (C=O) groups excluding carboxylic acids is 2. The van der Waals surface area contributed by atoms with E-state index in [1.54, 1.807) is 18.3 Å². The lowest BCUT2D eigenvalue weighted by molar-refractivity contribution is -0.192. The molecule has 13 heteroatoms. The number of aliphatic carboxylic acids is 2. The molecule has 0 aliphatic rings. The van der Waals surface area contributed by atoms with Gasteiger partial charge in [-0.2, -0.15) is 13.2 Å². The Labute approximate surface area is 377 Å². The van der Waals surface area contributed by atoms with Crippen LogP contribution in [0.5, 0.6) is 0 Å². The molecule has 65 heavy (non-hydrogen) atoms. The number of nitrogens with zero attached hydrogens (tertiary/aromatic N) is 1. The minimum atomic E-state index is -5.08. The molecule has 6 aromatic rings. The minimum absolute atomic E-state index is 0.108. The van der Waals surface area contributed by atoms with Gasteiger partial charge in [0.1, 0.15) is 11.9 Å². The van der Waals surface area contributed by atoms with E-state index in [1.165, 1.54) is 16.7 Å². The molecule has 2 atom stereocenters. The normalized spacial score (nSPS) is 12.1. The second-order valence-corrected chi connectivity index (χ2v) is 15.4. The predicted octanol–water partition coefficient (Wildman–Crippen LogP) is 10.0. The molecule has 1 aromatic heterocycles. The molecule has 0 saturated carbocycles. The highest BCUT2D eigenvalue weighted by atomic mass is 19.4. The van der Waals surface area contributed by atoms with Crippen molar-refractivity contribution in [1.82, 2.24) is 15.6 Å². The summed E-state index contributed by atoms with van der Waals surface area (Å²) in [7, 11) is 0. The number of carbonyl (C=O) groups is 4. The van der Waals surface area contributed by atoms with Crippen molar-refractivity contribution in [3.63, 3.8) is 0 Å². The Kier molecular flexibility index (Phi) is 18.4. The highest BCUT2D eigenvalue weighted by molar-refractivity contribution is 5.88. The number of unbranched alkanes of at least 4 members (excludes halogenated alkanes) is 2. The van der Waals surface area contributed by atoms with Gasteiger partial charge in [-0.25, -0.2) is 9.78 Å². The van der Waals surface area contributed by atoms with Crippen LogP contribution in [0, 0.1) is 0 Å². The number of benzene rings is 5. The fourth-order valence-corrected chi connectivity index (χ4v) is 7.68. The molecule has 0 aliphatic heterocycles. The zero-order valence-electron chi connectivity index (χ0n) is 35.8. The lowest BCUT2D eigenvalue weighted by atomic mass is 9.66. The molecule has 0 spiro atoms. The first-order chi connectivity index (χ1) is 31.4. The van der Waals surface area contributed by atoms with Gasteiger partial charge in [0.25, 0.3) is 0 Å². The molecule has 338 valence electrons. The Morgan fingerprint density at radius 1 is 0.600 bits per heavy atom. The summed E-state index contributed by atoms with van der Waals surface area (Å²) in [6, 6.07) is 53.7. The second kappa shape index (κ2) is 24.5. The van der Waals surface area contributed by atoms with Gasteiger partial charge < -0.3 is 26.2 Å². The van der Waals surface area contributed by atoms with Crippen molar-refractivity contribution < 1.29 is 42.6 Å². The van der Waals surface area contributed by atoms with E-state index in [0.717, 1.165) is 36.2 Å². The average Bonchev–Trinajstić information content (AvgIpc) is 3.32. The van der Waals surface area contributed by atoms with Crippen LogP contribution in [0.1, 0.15) is 73.1 Å². The fraction of sp³-hybridized carbons (Fsp3) is 0.250. The highest BCUT2D eigenvalue weighted by Gasteiger charge is 2.38. The highest BCUT2D eigenvalue weighted by Crippen LogP contribution is 2.43. The molecule has 0 saturated heterocycles. The molecule has 6 rings (SSSR count). The van der Waals surface area contributed by atoms with Gasteiger partial charge >= 0.3 is 18.1 Å². The van der Waals surface area contributed by atoms with Gasteiger partial charge in [-0.15, -0.1) is 0 Å². The average molecular weight is 887 g/mol. The van der Waals surface area contributed by atoms with Crippen molar-refractivity contribution >= 4 is 29.6 Å². The van der Waals surface area contributed by atoms with E-state index in [9.17, 15) is 32.7 Å². The number of alkyl halides is 3. The molecule has 1 heterocycles. The van der Waals surface area contributed by atoms with Crippen LogP contribution in [0.15, 0.2) is 170 Å². The second-order valence-electron chi connectivity index (χ2n) is 15.4. The molecule has 5 aromatic carbocycles. The number of halogens is 3. The van der Waals surface area contributed by atoms with Crippen LogP contribution in [0.4, 0.5) is 19.0 Å². The van der Waals surface area contributed by atoms with Crippen LogP contribution in [-0.2, 0) is 24.6 Å². The molecule has 0 aliphatic carbocycles. The Hall–Kier alpha value is -7.28. The van der Waals surface area contributed by atoms with Crippen LogP contribution in [0.2, 0.25) is 0 Å². The Morgan fingerprint density at radius 3 is 1.60 bits per heavy atom. The van der Waals surface area contributed by atoms with E-state index in [2.05, 4.69) is 93.7 Å². The maximum atomic E-state index is 13.9. The van der Waals surface area contributed by atoms with Gasteiger partial charge in [0, 0.05) is 31.1 Å². The number of hydrogen-bond donors (Lipinski definition) is 5. The van der Waals surface area contributed by atoms with E-state index in [0.29, 0.717) is 31.4 Å². The summed E-state index contributed by atoms with van der Waals surface area (Å²) in [5, 5.41) is 26.5. The first-order valence-electron chi connectivity index (χ1n) is 21.5. The smallest absolute Gasteiger partial charge is 0.481 e. The van der Waals surface area contributed by atoms with Gasteiger partial charge in [0.05, 0.1) is 5.92 Å². The summed E-state index contributed by atoms with van der Waals surface area (Å²) in [6.07, 6.45) is 0.892. The van der Waals surface area contributed by atoms with E-state index in [4.69, 9.17) is 9.90 Å². The molecular formula is C52H53F3N4O6. The summed E-state index contributed by atoms with van der Waals surface area (Å²) >= 11 is 0. The van der Waals surface area contributed by atoms with Crippen molar-refractivity contribution in [3.05, 3.63) is 192 Å². The summed E-state index contributed by atoms with van der Waals surface area (Å²) in [4.78, 5) is 52.9. The summed E-state index contributed by atoms with van der Waals surface area (Å²) in [6.45, 7) is 0.562. The van der Waals surface area contributed by atoms with Gasteiger partial charge in [0.15, 0.2) is 0 Å². The van der Waals surface area contributed by atoms with E-state index < -0.39 is 41.4 Å². The number of nitrogens with one attached hydrogen (secondary N) is 3. The first kappa shape index (κ1) is 48.7. The van der Waals surface area contributed by atoms with Gasteiger partial charge in [-0.3, -0.25) is 14.4 Å². The Balaban J connectivity index is 0.00000105. The first-order valence-corrected chi connectivity index (χ1v) is 21.5.